The van der Waals surface area contributed by atoms with Crippen LogP contribution in [0.25, 0.3) is 0 Å². The number of amides is 2. The van der Waals surface area contributed by atoms with Crippen LogP contribution in [0.15, 0.2) is 54.6 Å². The van der Waals surface area contributed by atoms with Crippen LogP contribution in [0.1, 0.15) is 51.5 Å². The van der Waals surface area contributed by atoms with Crippen LogP contribution in [0, 0.1) is 13.8 Å². The number of fused-ring (bicyclic) bond motifs is 1. The average Bonchev–Trinajstić information content (AvgIpc) is 3.24. The van der Waals surface area contributed by atoms with Crippen molar-refractivity contribution in [2.24, 2.45) is 0 Å². The Morgan fingerprint density at radius 2 is 1.85 bits per heavy atom. The topological polar surface area (TPSA) is 93.5 Å². The number of carbonyl (C=O) groups excluding carboxylic acids is 3. The Bertz CT molecular complexity index is 1250. The molecule has 0 spiro atoms. The first-order chi connectivity index (χ1) is 16.2. The molecule has 34 heavy (non-hydrogen) atoms. The van der Waals surface area contributed by atoms with Crippen molar-refractivity contribution in [2.45, 2.75) is 46.3 Å². The largest absolute Gasteiger partial charge is 0.461 e. The van der Waals surface area contributed by atoms with E-state index in [9.17, 15) is 14.4 Å². The lowest BCUT2D eigenvalue weighted by molar-refractivity contribution is -0.126. The van der Waals surface area contributed by atoms with E-state index in [0.29, 0.717) is 12.2 Å². The molecule has 3 aromatic rings. The fraction of sp³-hybridized carbons (Fsp3) is 0.308. The molecule has 4 rings (SSSR count). The predicted molar refractivity (Wildman–Crippen MR) is 128 cm³/mol. The highest BCUT2D eigenvalue weighted by atomic mass is 16.5. The van der Waals surface area contributed by atoms with Crippen LogP contribution < -0.4 is 10.2 Å². The van der Waals surface area contributed by atoms with Crippen molar-refractivity contribution in [3.05, 3.63) is 82.7 Å². The Morgan fingerprint density at radius 3 is 2.56 bits per heavy atom. The molecular weight excluding hydrogens is 432 g/mol. The first-order valence-electron chi connectivity index (χ1n) is 11.2. The number of nitrogens with one attached hydrogen (secondary N) is 1. The third-order valence-electron chi connectivity index (χ3n) is 6.03. The van der Waals surface area contributed by atoms with Gasteiger partial charge in [0.1, 0.15) is 11.2 Å². The number of benzene rings is 2. The van der Waals surface area contributed by atoms with Gasteiger partial charge >= 0.3 is 5.97 Å². The van der Waals surface area contributed by atoms with E-state index in [2.05, 4.69) is 10.4 Å². The number of nitrogens with zero attached hydrogens (tertiary/aromatic N) is 3. The lowest BCUT2D eigenvalue weighted by Crippen LogP contribution is -2.64. The predicted octanol–water partition coefficient (Wildman–Crippen LogP) is 3.41. The summed E-state index contributed by atoms with van der Waals surface area (Å²) in [6, 6.07) is 16.8. The third-order valence-corrected chi connectivity index (χ3v) is 6.03. The van der Waals surface area contributed by atoms with Gasteiger partial charge in [-0.25, -0.2) is 4.79 Å². The summed E-state index contributed by atoms with van der Waals surface area (Å²) in [4.78, 5) is 41.2. The van der Waals surface area contributed by atoms with E-state index in [1.54, 1.807) is 13.8 Å². The SMILES string of the molecule is CCOC(=O)c1cc2n(n1)C[C@@](C)(C(=O)NCc1ccccc1)N(c1cc(C)ccc1C)C2=O. The van der Waals surface area contributed by atoms with Crippen LogP contribution in [-0.4, -0.2) is 39.7 Å². The zero-order valence-corrected chi connectivity index (χ0v) is 19.8. The summed E-state index contributed by atoms with van der Waals surface area (Å²) in [6.45, 7) is 7.87. The molecule has 2 aromatic carbocycles. The van der Waals surface area contributed by atoms with E-state index < -0.39 is 17.4 Å². The number of hydrogen-bond donors (Lipinski definition) is 1. The molecule has 176 valence electrons. The molecule has 0 saturated carbocycles. The lowest BCUT2D eigenvalue weighted by Gasteiger charge is -2.43. The minimum absolute atomic E-state index is 0.0417. The smallest absolute Gasteiger partial charge is 0.358 e. The van der Waals surface area contributed by atoms with Crippen LogP contribution in [0.4, 0.5) is 5.69 Å². The van der Waals surface area contributed by atoms with E-state index in [1.807, 2.05) is 62.4 Å². The number of ether oxygens (including phenoxy) is 1. The number of hydrogen-bond acceptors (Lipinski definition) is 5. The second-order valence-corrected chi connectivity index (χ2v) is 8.67. The summed E-state index contributed by atoms with van der Waals surface area (Å²) in [7, 11) is 0. The van der Waals surface area contributed by atoms with Gasteiger partial charge in [0.05, 0.1) is 13.2 Å². The van der Waals surface area contributed by atoms with Gasteiger partial charge in [-0.2, -0.15) is 5.10 Å². The summed E-state index contributed by atoms with van der Waals surface area (Å²) in [5, 5.41) is 7.28. The molecule has 1 atom stereocenters. The van der Waals surface area contributed by atoms with Gasteiger partial charge in [0, 0.05) is 18.3 Å². The molecule has 0 bridgehead atoms. The van der Waals surface area contributed by atoms with E-state index in [0.717, 1.165) is 16.7 Å². The van der Waals surface area contributed by atoms with E-state index >= 15 is 0 Å². The Balaban J connectivity index is 1.77. The van der Waals surface area contributed by atoms with Crippen molar-refractivity contribution in [2.75, 3.05) is 11.5 Å². The molecule has 0 aliphatic carbocycles. The van der Waals surface area contributed by atoms with Crippen LogP contribution in [0.3, 0.4) is 0 Å². The Hall–Kier alpha value is -3.94. The molecule has 1 aromatic heterocycles. The van der Waals surface area contributed by atoms with Gasteiger partial charge in [-0.1, -0.05) is 42.5 Å². The van der Waals surface area contributed by atoms with Gasteiger partial charge in [0.2, 0.25) is 5.91 Å². The van der Waals surface area contributed by atoms with Crippen LogP contribution in [-0.2, 0) is 22.6 Å². The van der Waals surface area contributed by atoms with E-state index in [-0.39, 0.29) is 30.4 Å². The highest BCUT2D eigenvalue weighted by molar-refractivity contribution is 6.12. The maximum atomic E-state index is 13.8. The number of carbonyl (C=O) groups is 3. The maximum Gasteiger partial charge on any atom is 0.358 e. The minimum atomic E-state index is -1.28. The second kappa shape index (κ2) is 9.13. The second-order valence-electron chi connectivity index (χ2n) is 8.67. The molecule has 8 nitrogen and oxygen atoms in total. The Kier molecular flexibility index (Phi) is 6.24. The van der Waals surface area contributed by atoms with Gasteiger partial charge in [-0.05, 0) is 50.5 Å². The molecule has 0 fully saturated rings. The fourth-order valence-corrected chi connectivity index (χ4v) is 4.19. The van der Waals surface area contributed by atoms with Crippen molar-refractivity contribution in [1.82, 2.24) is 15.1 Å². The summed E-state index contributed by atoms with van der Waals surface area (Å²) < 4.78 is 6.48. The van der Waals surface area contributed by atoms with E-state index in [1.165, 1.54) is 15.6 Å². The molecular formula is C26H28N4O4. The molecule has 1 N–H and O–H groups in total. The number of aryl methyl sites for hydroxylation is 2. The van der Waals surface area contributed by atoms with Gasteiger partial charge in [0.25, 0.3) is 5.91 Å². The standard InChI is InChI=1S/C26H28N4O4/c1-5-34-24(32)20-14-22-23(31)30(21-13-17(2)11-12-18(21)3)26(4,16-29(22)28-20)25(33)27-15-19-9-7-6-8-10-19/h6-14H,5,15-16H2,1-4H3,(H,27,33)/t26-/m0/s1. The van der Waals surface area contributed by atoms with E-state index in [4.69, 9.17) is 4.74 Å². The number of anilines is 1. The zero-order valence-electron chi connectivity index (χ0n) is 19.8. The summed E-state index contributed by atoms with van der Waals surface area (Å²) in [5.41, 5.74) is 2.41. The zero-order chi connectivity index (χ0) is 24.5. The molecule has 0 unspecified atom stereocenters. The van der Waals surface area contributed by atoms with Gasteiger partial charge < -0.3 is 10.1 Å². The molecule has 1 aliphatic heterocycles. The summed E-state index contributed by atoms with van der Waals surface area (Å²) in [5.74, 6) is -1.32. The molecule has 8 heteroatoms. The third kappa shape index (κ3) is 4.19. The first kappa shape index (κ1) is 23.2. The van der Waals surface area contributed by atoms with Crippen molar-refractivity contribution in [3.8, 4) is 0 Å². The highest BCUT2D eigenvalue weighted by Crippen LogP contribution is 2.35. The van der Waals surface area contributed by atoms with Gasteiger partial charge in [-0.15, -0.1) is 0 Å². The number of aromatic nitrogens is 2. The van der Waals surface area contributed by atoms with Gasteiger partial charge in [-0.3, -0.25) is 19.2 Å². The monoisotopic (exact) mass is 460 g/mol. The van der Waals surface area contributed by atoms with Gasteiger partial charge in [0.15, 0.2) is 5.69 Å². The summed E-state index contributed by atoms with van der Waals surface area (Å²) >= 11 is 0. The number of rotatable bonds is 6. The van der Waals surface area contributed by atoms with Crippen LogP contribution >= 0.6 is 0 Å². The van der Waals surface area contributed by atoms with Crippen LogP contribution in [0.2, 0.25) is 0 Å². The molecule has 0 saturated heterocycles. The normalized spacial score (nSPS) is 17.3. The van der Waals surface area contributed by atoms with Crippen LogP contribution in [0.5, 0.6) is 0 Å². The number of esters is 1. The maximum absolute atomic E-state index is 13.8. The molecule has 2 heterocycles. The molecule has 2 amide bonds. The molecule has 1 aliphatic rings. The average molecular weight is 461 g/mol. The van der Waals surface area contributed by atoms with Crippen molar-refractivity contribution in [1.29, 1.82) is 0 Å². The quantitative estimate of drug-likeness (QED) is 0.569. The molecule has 0 radical (unpaired) electrons. The first-order valence-corrected chi connectivity index (χ1v) is 11.2. The highest BCUT2D eigenvalue weighted by Gasteiger charge is 2.49. The van der Waals surface area contributed by atoms with Crippen molar-refractivity contribution < 1.29 is 19.1 Å². The summed E-state index contributed by atoms with van der Waals surface area (Å²) in [6.07, 6.45) is 0. The fourth-order valence-electron chi connectivity index (χ4n) is 4.19. The lowest BCUT2D eigenvalue weighted by atomic mass is 9.92. The Labute approximate surface area is 198 Å². The minimum Gasteiger partial charge on any atom is -0.461 e. The Morgan fingerprint density at radius 1 is 1.12 bits per heavy atom. The van der Waals surface area contributed by atoms with Crippen molar-refractivity contribution >= 4 is 23.5 Å². The van der Waals surface area contributed by atoms with Crippen molar-refractivity contribution in [3.63, 3.8) is 0 Å².